The van der Waals surface area contributed by atoms with E-state index < -0.39 is 11.6 Å². The average molecular weight is 479 g/mol. The predicted octanol–water partition coefficient (Wildman–Crippen LogP) is 6.50. The first-order chi connectivity index (χ1) is 17.5. The molecule has 0 atom stereocenters. The van der Waals surface area contributed by atoms with Crippen LogP contribution < -0.4 is 0 Å². The lowest BCUT2D eigenvalue weighted by Gasteiger charge is -2.09. The largest absolute Gasteiger partial charge is 0.508 e. The number of hydrogen-bond donors (Lipinski definition) is 2. The summed E-state index contributed by atoms with van der Waals surface area (Å²) in [6.07, 6.45) is 1.63. The molecule has 6 rings (SSSR count). The van der Waals surface area contributed by atoms with Gasteiger partial charge in [-0.15, -0.1) is 0 Å². The van der Waals surface area contributed by atoms with Gasteiger partial charge >= 0.3 is 0 Å². The van der Waals surface area contributed by atoms with Gasteiger partial charge in [0, 0.05) is 29.8 Å². The summed E-state index contributed by atoms with van der Waals surface area (Å²) in [7, 11) is 0. The number of rotatable bonds is 4. The molecule has 2 N–H and O–H groups in total. The summed E-state index contributed by atoms with van der Waals surface area (Å²) in [6.45, 7) is 0. The molecule has 0 bridgehead atoms. The standard InChI is InChI=1S/C29H19F2N3O2/c30-22-10-7-20(24(31)15-22)14-25-29(36)34-16-26(18-8-11-23(35)12-9-18)32-27(28(34)33-25)21-6-5-17-3-1-2-4-19(17)13-21/h1-13,15-16,35-36H,14H2. The highest BCUT2D eigenvalue weighted by Crippen LogP contribution is 2.33. The molecular formula is C29H19F2N3O2. The first kappa shape index (κ1) is 21.7. The average Bonchev–Trinajstić information content (AvgIpc) is 3.20. The minimum absolute atomic E-state index is 0.0225. The van der Waals surface area contributed by atoms with Gasteiger partial charge in [0.2, 0.25) is 5.88 Å². The number of hydrogen-bond acceptors (Lipinski definition) is 4. The van der Waals surface area contributed by atoms with Gasteiger partial charge < -0.3 is 10.2 Å². The van der Waals surface area contributed by atoms with Crippen LogP contribution in [-0.2, 0) is 6.42 Å². The van der Waals surface area contributed by atoms with Gasteiger partial charge in [-0.2, -0.15) is 0 Å². The number of phenolic OH excluding ortho intramolecular Hbond substituents is 1. The van der Waals surface area contributed by atoms with Gasteiger partial charge in [0.25, 0.3) is 0 Å². The summed E-state index contributed by atoms with van der Waals surface area (Å²) in [5, 5.41) is 22.9. The first-order valence-corrected chi connectivity index (χ1v) is 11.3. The zero-order valence-electron chi connectivity index (χ0n) is 18.9. The molecule has 0 aliphatic carbocycles. The van der Waals surface area contributed by atoms with Crippen molar-refractivity contribution in [2.24, 2.45) is 0 Å². The van der Waals surface area contributed by atoms with E-state index in [9.17, 15) is 19.0 Å². The van der Waals surface area contributed by atoms with Gasteiger partial charge in [-0.1, -0.05) is 42.5 Å². The van der Waals surface area contributed by atoms with Gasteiger partial charge in [-0.05, 0) is 52.7 Å². The Hall–Kier alpha value is -4.78. The van der Waals surface area contributed by atoms with Crippen molar-refractivity contribution in [3.63, 3.8) is 0 Å². The summed E-state index contributed by atoms with van der Waals surface area (Å²) >= 11 is 0. The van der Waals surface area contributed by atoms with Crippen molar-refractivity contribution in [3.05, 3.63) is 114 Å². The topological polar surface area (TPSA) is 70.7 Å². The second-order valence-corrected chi connectivity index (χ2v) is 8.57. The van der Waals surface area contributed by atoms with Gasteiger partial charge in [-0.3, -0.25) is 4.40 Å². The van der Waals surface area contributed by atoms with E-state index in [1.165, 1.54) is 16.5 Å². The molecule has 5 nitrogen and oxygen atoms in total. The molecule has 2 heterocycles. The fraction of sp³-hybridized carbons (Fsp3) is 0.0345. The zero-order chi connectivity index (χ0) is 24.8. The van der Waals surface area contributed by atoms with Gasteiger partial charge in [0.05, 0.1) is 5.69 Å². The molecule has 0 aliphatic heterocycles. The van der Waals surface area contributed by atoms with E-state index in [1.807, 2.05) is 42.5 Å². The van der Waals surface area contributed by atoms with E-state index in [0.29, 0.717) is 17.0 Å². The van der Waals surface area contributed by atoms with Crippen LogP contribution in [0, 0.1) is 11.6 Å². The second-order valence-electron chi connectivity index (χ2n) is 8.57. The monoisotopic (exact) mass is 479 g/mol. The van der Waals surface area contributed by atoms with Crippen LogP contribution in [-0.4, -0.2) is 24.6 Å². The maximum Gasteiger partial charge on any atom is 0.219 e. The molecule has 4 aromatic carbocycles. The number of halogens is 2. The van der Waals surface area contributed by atoms with E-state index in [0.717, 1.165) is 28.0 Å². The van der Waals surface area contributed by atoms with Crippen LogP contribution >= 0.6 is 0 Å². The van der Waals surface area contributed by atoms with Crippen LogP contribution in [0.2, 0.25) is 0 Å². The van der Waals surface area contributed by atoms with Gasteiger partial charge in [0.15, 0.2) is 5.65 Å². The van der Waals surface area contributed by atoms with Crippen molar-refractivity contribution in [1.82, 2.24) is 14.4 Å². The summed E-state index contributed by atoms with van der Waals surface area (Å²) in [4.78, 5) is 9.50. The number of aromatic nitrogens is 3. The van der Waals surface area contributed by atoms with Crippen LogP contribution in [0.25, 0.3) is 38.9 Å². The number of phenols is 1. The summed E-state index contributed by atoms with van der Waals surface area (Å²) in [5.41, 5.74) is 3.48. The number of aromatic hydroxyl groups is 2. The third-order valence-corrected chi connectivity index (χ3v) is 6.21. The lowest BCUT2D eigenvalue weighted by molar-refractivity contribution is 0.442. The van der Waals surface area contributed by atoms with Crippen molar-refractivity contribution >= 4 is 16.4 Å². The fourth-order valence-electron chi connectivity index (χ4n) is 4.35. The lowest BCUT2D eigenvalue weighted by atomic mass is 10.0. The second kappa shape index (κ2) is 8.46. The van der Waals surface area contributed by atoms with E-state index >= 15 is 0 Å². The molecule has 36 heavy (non-hydrogen) atoms. The fourth-order valence-corrected chi connectivity index (χ4v) is 4.35. The van der Waals surface area contributed by atoms with Crippen LogP contribution in [0.5, 0.6) is 11.6 Å². The predicted molar refractivity (Wildman–Crippen MR) is 134 cm³/mol. The van der Waals surface area contributed by atoms with E-state index in [1.54, 1.807) is 30.5 Å². The molecule has 0 fully saturated rings. The smallest absolute Gasteiger partial charge is 0.219 e. The number of benzene rings is 4. The minimum Gasteiger partial charge on any atom is -0.508 e. The highest BCUT2D eigenvalue weighted by molar-refractivity contribution is 5.89. The van der Waals surface area contributed by atoms with Gasteiger partial charge in [-0.25, -0.2) is 18.7 Å². The maximum absolute atomic E-state index is 14.3. The molecule has 0 spiro atoms. The molecule has 6 aromatic rings. The Balaban J connectivity index is 1.57. The summed E-state index contributed by atoms with van der Waals surface area (Å²) in [5.74, 6) is -1.40. The minimum atomic E-state index is -0.705. The zero-order valence-corrected chi connectivity index (χ0v) is 18.9. The van der Waals surface area contributed by atoms with Crippen molar-refractivity contribution in [2.45, 2.75) is 6.42 Å². The Morgan fingerprint density at radius 1 is 0.750 bits per heavy atom. The Morgan fingerprint density at radius 3 is 2.28 bits per heavy atom. The Bertz CT molecular complexity index is 1760. The highest BCUT2D eigenvalue weighted by atomic mass is 19.1. The molecule has 0 radical (unpaired) electrons. The molecule has 0 amide bonds. The van der Waals surface area contributed by atoms with Crippen molar-refractivity contribution in [1.29, 1.82) is 0 Å². The van der Waals surface area contributed by atoms with Crippen molar-refractivity contribution in [2.75, 3.05) is 0 Å². The lowest BCUT2D eigenvalue weighted by Crippen LogP contribution is -1.96. The molecule has 0 aliphatic rings. The molecule has 7 heteroatoms. The number of imidazole rings is 1. The van der Waals surface area contributed by atoms with E-state index in [2.05, 4.69) is 4.98 Å². The Morgan fingerprint density at radius 2 is 1.50 bits per heavy atom. The Kier molecular flexibility index (Phi) is 5.11. The Labute approximate surface area is 204 Å². The SMILES string of the molecule is Oc1ccc(-c2cn3c(O)c(Cc4ccc(F)cc4F)nc3c(-c3ccc4ccccc4c3)n2)cc1. The molecule has 0 unspecified atom stereocenters. The molecule has 176 valence electrons. The quantitative estimate of drug-likeness (QED) is 0.303. The van der Waals surface area contributed by atoms with Crippen LogP contribution in [0.15, 0.2) is 91.1 Å². The van der Waals surface area contributed by atoms with Gasteiger partial charge in [0.1, 0.15) is 28.8 Å². The maximum atomic E-state index is 14.3. The van der Waals surface area contributed by atoms with Crippen LogP contribution in [0.1, 0.15) is 11.3 Å². The van der Waals surface area contributed by atoms with Crippen LogP contribution in [0.3, 0.4) is 0 Å². The molecular weight excluding hydrogens is 460 g/mol. The first-order valence-electron chi connectivity index (χ1n) is 11.3. The highest BCUT2D eigenvalue weighted by Gasteiger charge is 2.20. The molecule has 0 saturated carbocycles. The van der Waals surface area contributed by atoms with Crippen molar-refractivity contribution in [3.8, 4) is 34.1 Å². The molecule has 0 saturated heterocycles. The van der Waals surface area contributed by atoms with E-state index in [-0.39, 0.29) is 29.3 Å². The number of nitrogens with zero attached hydrogens (tertiary/aromatic N) is 3. The molecule has 2 aromatic heterocycles. The van der Waals surface area contributed by atoms with Crippen molar-refractivity contribution < 1.29 is 19.0 Å². The van der Waals surface area contributed by atoms with Crippen LogP contribution in [0.4, 0.5) is 8.78 Å². The summed E-state index contributed by atoms with van der Waals surface area (Å²) < 4.78 is 29.3. The third-order valence-electron chi connectivity index (χ3n) is 6.21. The number of fused-ring (bicyclic) bond motifs is 2. The third kappa shape index (κ3) is 3.80. The summed E-state index contributed by atoms with van der Waals surface area (Å²) in [6, 6.07) is 23.8. The van der Waals surface area contributed by atoms with E-state index in [4.69, 9.17) is 4.98 Å². The normalized spacial score (nSPS) is 11.4.